The Hall–Kier alpha value is -0.260. The molecule has 0 aliphatic heterocycles. The van der Waals surface area contributed by atoms with Gasteiger partial charge in [-0.1, -0.05) is 15.9 Å². The van der Waals surface area contributed by atoms with Crippen molar-refractivity contribution in [1.29, 1.82) is 0 Å². The van der Waals surface area contributed by atoms with Crippen molar-refractivity contribution in [2.24, 2.45) is 5.92 Å². The molecule has 6 heteroatoms. The van der Waals surface area contributed by atoms with E-state index in [-0.39, 0.29) is 24.8 Å². The number of hydrogen-bond donors (Lipinski definition) is 1. The molecule has 0 bridgehead atoms. The molecule has 1 amide bonds. The number of nitrogens with one attached hydrogen (secondary N) is 1. The number of carbonyl (C=O) groups is 1. The summed E-state index contributed by atoms with van der Waals surface area (Å²) in [6, 6.07) is -0.127. The highest BCUT2D eigenvalue weighted by Gasteiger charge is 2.41. The molecule has 17 heavy (non-hydrogen) atoms. The zero-order valence-electron chi connectivity index (χ0n) is 9.90. The molecule has 0 heterocycles. The van der Waals surface area contributed by atoms with Crippen LogP contribution in [0.4, 0.5) is 13.2 Å². The third kappa shape index (κ3) is 4.48. The molecule has 0 aromatic rings. The monoisotopic (exact) mass is 315 g/mol. The van der Waals surface area contributed by atoms with E-state index in [1.54, 1.807) is 13.8 Å². The topological polar surface area (TPSA) is 29.1 Å². The van der Waals surface area contributed by atoms with E-state index in [0.29, 0.717) is 12.8 Å². The van der Waals surface area contributed by atoms with E-state index in [4.69, 9.17) is 0 Å². The van der Waals surface area contributed by atoms with Crippen LogP contribution in [0.1, 0.15) is 39.5 Å². The van der Waals surface area contributed by atoms with Crippen molar-refractivity contribution in [3.8, 4) is 0 Å². The molecular weight excluding hydrogens is 299 g/mol. The fraction of sp³-hybridized carbons (Fsp3) is 0.909. The van der Waals surface area contributed by atoms with Crippen LogP contribution in [0.15, 0.2) is 0 Å². The molecule has 0 aromatic carbocycles. The van der Waals surface area contributed by atoms with Gasteiger partial charge in [0.15, 0.2) is 0 Å². The molecule has 100 valence electrons. The molecule has 2 nitrogen and oxygen atoms in total. The van der Waals surface area contributed by atoms with Crippen LogP contribution in [0.25, 0.3) is 0 Å². The Bertz CT molecular complexity index is 277. The first-order chi connectivity index (χ1) is 7.60. The van der Waals surface area contributed by atoms with Gasteiger partial charge in [-0.15, -0.1) is 0 Å². The maximum absolute atomic E-state index is 12.4. The first kappa shape index (κ1) is 14.8. The normalized spacial score (nSPS) is 26.7. The van der Waals surface area contributed by atoms with Gasteiger partial charge in [-0.2, -0.15) is 13.2 Å². The Balaban J connectivity index is 2.41. The van der Waals surface area contributed by atoms with Crippen LogP contribution in [-0.4, -0.2) is 22.4 Å². The summed E-state index contributed by atoms with van der Waals surface area (Å²) in [4.78, 5) is 11.6. The lowest BCUT2D eigenvalue weighted by Gasteiger charge is -2.31. The second kappa shape index (κ2) is 5.16. The molecule has 1 aliphatic carbocycles. The van der Waals surface area contributed by atoms with E-state index in [1.807, 2.05) is 0 Å². The van der Waals surface area contributed by atoms with E-state index in [9.17, 15) is 18.0 Å². The van der Waals surface area contributed by atoms with Gasteiger partial charge in [-0.25, -0.2) is 0 Å². The quantitative estimate of drug-likeness (QED) is 0.777. The van der Waals surface area contributed by atoms with Gasteiger partial charge >= 0.3 is 6.18 Å². The van der Waals surface area contributed by atoms with Crippen molar-refractivity contribution in [3.63, 3.8) is 0 Å². The molecule has 1 fully saturated rings. The Kier molecular flexibility index (Phi) is 4.49. The molecule has 0 spiro atoms. The van der Waals surface area contributed by atoms with Gasteiger partial charge in [0.2, 0.25) is 5.91 Å². The zero-order valence-corrected chi connectivity index (χ0v) is 11.5. The summed E-state index contributed by atoms with van der Waals surface area (Å²) >= 11 is 3.22. The Morgan fingerprint density at radius 1 is 1.18 bits per heavy atom. The lowest BCUT2D eigenvalue weighted by Crippen LogP contribution is -2.45. The van der Waals surface area contributed by atoms with Gasteiger partial charge in [0.1, 0.15) is 0 Å². The van der Waals surface area contributed by atoms with Crippen LogP contribution in [0.3, 0.4) is 0 Å². The van der Waals surface area contributed by atoms with Crippen molar-refractivity contribution >= 4 is 21.8 Å². The summed E-state index contributed by atoms with van der Waals surface area (Å²) in [5.74, 6) is -1.37. The van der Waals surface area contributed by atoms with E-state index in [2.05, 4.69) is 21.2 Å². The van der Waals surface area contributed by atoms with Gasteiger partial charge < -0.3 is 5.32 Å². The molecule has 0 unspecified atom stereocenters. The van der Waals surface area contributed by atoms with Crippen molar-refractivity contribution in [2.45, 2.75) is 56.1 Å². The lowest BCUT2D eigenvalue weighted by atomic mass is 9.85. The Morgan fingerprint density at radius 3 is 2.00 bits per heavy atom. The lowest BCUT2D eigenvalue weighted by molar-refractivity contribution is -0.182. The molecule has 0 atom stereocenters. The Morgan fingerprint density at radius 2 is 1.65 bits per heavy atom. The zero-order chi connectivity index (χ0) is 13.3. The summed E-state index contributed by atoms with van der Waals surface area (Å²) < 4.78 is 36.6. The molecule has 1 N–H and O–H groups in total. The minimum Gasteiger partial charge on any atom is -0.352 e. The van der Waals surface area contributed by atoms with Crippen LogP contribution >= 0.6 is 15.9 Å². The van der Waals surface area contributed by atoms with Gasteiger partial charge in [0, 0.05) is 6.04 Å². The first-order valence-electron chi connectivity index (χ1n) is 5.67. The second-order valence-electron chi connectivity index (χ2n) is 5.04. The number of alkyl halides is 4. The minimum absolute atomic E-state index is 0.108. The molecule has 1 aliphatic rings. The molecule has 1 rings (SSSR count). The van der Waals surface area contributed by atoms with E-state index >= 15 is 0 Å². The Labute approximate surface area is 107 Å². The molecule has 0 saturated heterocycles. The highest BCUT2D eigenvalue weighted by molar-refractivity contribution is 9.10. The van der Waals surface area contributed by atoms with Crippen molar-refractivity contribution in [1.82, 2.24) is 5.32 Å². The average molecular weight is 316 g/mol. The summed E-state index contributed by atoms with van der Waals surface area (Å²) in [7, 11) is 0. The highest BCUT2D eigenvalue weighted by Crippen LogP contribution is 2.37. The van der Waals surface area contributed by atoms with Gasteiger partial charge in [0.25, 0.3) is 0 Å². The summed E-state index contributed by atoms with van der Waals surface area (Å²) in [5.41, 5.74) is 0. The van der Waals surface area contributed by atoms with Crippen LogP contribution in [0, 0.1) is 5.92 Å². The fourth-order valence-electron chi connectivity index (χ4n) is 1.92. The summed E-state index contributed by atoms with van der Waals surface area (Å²) in [6.45, 7) is 3.42. The number of rotatable bonds is 2. The van der Waals surface area contributed by atoms with Crippen molar-refractivity contribution < 1.29 is 18.0 Å². The molecule has 0 radical (unpaired) electrons. The highest BCUT2D eigenvalue weighted by atomic mass is 79.9. The third-order valence-electron chi connectivity index (χ3n) is 3.07. The van der Waals surface area contributed by atoms with Gasteiger partial charge in [-0.05, 0) is 39.5 Å². The number of halogens is 4. The fourth-order valence-corrected chi connectivity index (χ4v) is 2.04. The SMILES string of the molecule is CC(C)(Br)C(=O)NC1CCC(C(F)(F)F)CC1. The largest absolute Gasteiger partial charge is 0.391 e. The van der Waals surface area contributed by atoms with Gasteiger partial charge in [0.05, 0.1) is 10.2 Å². The van der Waals surface area contributed by atoms with E-state index in [1.165, 1.54) is 0 Å². The molecule has 1 saturated carbocycles. The third-order valence-corrected chi connectivity index (χ3v) is 3.43. The van der Waals surface area contributed by atoms with E-state index in [0.717, 1.165) is 0 Å². The predicted octanol–water partition coefficient (Wildman–Crippen LogP) is 3.40. The maximum Gasteiger partial charge on any atom is 0.391 e. The maximum atomic E-state index is 12.4. The van der Waals surface area contributed by atoms with Gasteiger partial charge in [-0.3, -0.25) is 4.79 Å². The second-order valence-corrected chi connectivity index (χ2v) is 7.02. The first-order valence-corrected chi connectivity index (χ1v) is 6.46. The minimum atomic E-state index is -4.09. The van der Waals surface area contributed by atoms with Crippen LogP contribution in [0.5, 0.6) is 0 Å². The van der Waals surface area contributed by atoms with Crippen LogP contribution < -0.4 is 5.32 Å². The number of amides is 1. The summed E-state index contributed by atoms with van der Waals surface area (Å²) in [5, 5.41) is 2.78. The van der Waals surface area contributed by atoms with E-state index < -0.39 is 16.4 Å². The average Bonchev–Trinajstić information content (AvgIpc) is 2.15. The summed E-state index contributed by atoms with van der Waals surface area (Å²) in [6.07, 6.45) is -3.07. The van der Waals surface area contributed by atoms with Crippen LogP contribution in [0.2, 0.25) is 0 Å². The van der Waals surface area contributed by atoms with Crippen molar-refractivity contribution in [2.75, 3.05) is 0 Å². The molecule has 0 aromatic heterocycles. The molecular formula is C11H17BrF3NO. The van der Waals surface area contributed by atoms with Crippen LogP contribution in [-0.2, 0) is 4.79 Å². The van der Waals surface area contributed by atoms with Crippen molar-refractivity contribution in [3.05, 3.63) is 0 Å². The number of carbonyl (C=O) groups excluding carboxylic acids is 1. The predicted molar refractivity (Wildman–Crippen MR) is 62.9 cm³/mol. The number of hydrogen-bond acceptors (Lipinski definition) is 1. The standard InChI is InChI=1S/C11H17BrF3NO/c1-10(2,12)9(17)16-8-5-3-7(4-6-8)11(13,14)15/h7-8H,3-6H2,1-2H3,(H,16,17). The smallest absolute Gasteiger partial charge is 0.352 e.